The lowest BCUT2D eigenvalue weighted by atomic mass is 9.97. The topological polar surface area (TPSA) is 118 Å². The van der Waals surface area contributed by atoms with Crippen molar-refractivity contribution >= 4 is 40.9 Å². The minimum absolute atomic E-state index is 0.102. The quantitative estimate of drug-likeness (QED) is 0.529. The average Bonchev–Trinajstić information content (AvgIpc) is 2.87. The number of hydrogen-bond acceptors (Lipinski definition) is 4. The molecular weight excluding hydrogens is 480 g/mol. The van der Waals surface area contributed by atoms with Gasteiger partial charge in [-0.15, -0.1) is 0 Å². The van der Waals surface area contributed by atoms with E-state index in [-0.39, 0.29) is 23.9 Å². The minimum Gasteiger partial charge on any atom is -0.337 e. The molecule has 0 bridgehead atoms. The third-order valence-corrected chi connectivity index (χ3v) is 6.56. The molecule has 3 rings (SSSR count). The lowest BCUT2D eigenvalue weighted by molar-refractivity contribution is -0.136. The van der Waals surface area contributed by atoms with Gasteiger partial charge in [-0.25, -0.2) is 9.59 Å². The summed E-state index contributed by atoms with van der Waals surface area (Å²) < 4.78 is 0. The van der Waals surface area contributed by atoms with E-state index in [1.807, 2.05) is 26.8 Å². The highest BCUT2D eigenvalue weighted by atomic mass is 35.5. The summed E-state index contributed by atoms with van der Waals surface area (Å²) in [6.07, 6.45) is 0.694. The molecule has 0 aromatic heterocycles. The lowest BCUT2D eigenvalue weighted by Crippen LogP contribution is -2.60. The van der Waals surface area contributed by atoms with E-state index in [4.69, 9.17) is 16.9 Å². The lowest BCUT2D eigenvalue weighted by Gasteiger charge is -2.41. The number of carbonyl (C=O) groups excluding carboxylic acids is 3. The van der Waals surface area contributed by atoms with Crippen LogP contribution in [0.15, 0.2) is 48.5 Å². The second kappa shape index (κ2) is 12.3. The molecule has 2 aromatic carbocycles. The van der Waals surface area contributed by atoms with Gasteiger partial charge in [0.15, 0.2) is 0 Å². The zero-order valence-corrected chi connectivity index (χ0v) is 21.4. The van der Waals surface area contributed by atoms with Crippen molar-refractivity contribution in [1.29, 1.82) is 5.26 Å². The van der Waals surface area contributed by atoms with Crippen molar-refractivity contribution in [3.8, 4) is 6.07 Å². The molecule has 9 nitrogen and oxygen atoms in total. The molecule has 1 aliphatic rings. The van der Waals surface area contributed by atoms with Crippen LogP contribution in [-0.2, 0) is 4.79 Å². The Bertz CT molecular complexity index is 1130. The number of anilines is 2. The summed E-state index contributed by atoms with van der Waals surface area (Å²) in [4.78, 5) is 42.3. The highest BCUT2D eigenvalue weighted by Crippen LogP contribution is 2.19. The van der Waals surface area contributed by atoms with E-state index in [1.54, 1.807) is 58.3 Å². The van der Waals surface area contributed by atoms with E-state index in [0.717, 1.165) is 0 Å². The number of urea groups is 2. The van der Waals surface area contributed by atoms with Crippen molar-refractivity contribution < 1.29 is 14.4 Å². The molecule has 1 aliphatic heterocycles. The average molecular weight is 511 g/mol. The minimum atomic E-state index is -0.726. The van der Waals surface area contributed by atoms with E-state index in [2.05, 4.69) is 16.0 Å². The fourth-order valence-electron chi connectivity index (χ4n) is 4.04. The molecule has 1 heterocycles. The van der Waals surface area contributed by atoms with Crippen LogP contribution in [-0.4, -0.2) is 59.5 Å². The number of halogens is 1. The van der Waals surface area contributed by atoms with Crippen LogP contribution in [0.1, 0.15) is 32.8 Å². The van der Waals surface area contributed by atoms with Gasteiger partial charge in [-0.1, -0.05) is 37.9 Å². The van der Waals surface area contributed by atoms with Crippen LogP contribution in [0.5, 0.6) is 0 Å². The molecule has 3 unspecified atom stereocenters. The number of nitriles is 1. The third kappa shape index (κ3) is 6.89. The number of hydrogen-bond donors (Lipinski definition) is 3. The van der Waals surface area contributed by atoms with E-state index in [0.29, 0.717) is 48.0 Å². The Morgan fingerprint density at radius 1 is 1.11 bits per heavy atom. The molecule has 1 saturated heterocycles. The van der Waals surface area contributed by atoms with Crippen LogP contribution in [0, 0.1) is 17.2 Å². The zero-order chi connectivity index (χ0) is 26.2. The smallest absolute Gasteiger partial charge is 0.322 e. The van der Waals surface area contributed by atoms with E-state index >= 15 is 0 Å². The van der Waals surface area contributed by atoms with Crippen LogP contribution in [0.3, 0.4) is 0 Å². The second-order valence-electron chi connectivity index (χ2n) is 8.92. The molecule has 10 heteroatoms. The van der Waals surface area contributed by atoms with E-state index < -0.39 is 12.1 Å². The molecular formula is C26H31ClN6O3. The fourth-order valence-corrected chi connectivity index (χ4v) is 4.17. The first-order chi connectivity index (χ1) is 17.2. The summed E-state index contributed by atoms with van der Waals surface area (Å²) in [6, 6.07) is 13.8. The molecule has 0 aliphatic carbocycles. The van der Waals surface area contributed by atoms with Crippen molar-refractivity contribution in [2.24, 2.45) is 5.92 Å². The molecule has 5 amide bonds. The standard InChI is InChI=1S/C26H31ClN6O3/c1-4-17(2)23(31-25(35)29-22-7-5-6-19(14-22)15-28)24(34)32-12-13-33(18(3)16-32)26(36)30-21-10-8-20(27)9-11-21/h5-11,14,17-18,23H,4,12-13,16H2,1-3H3,(H,30,36)(H2,29,31,35). The summed E-state index contributed by atoms with van der Waals surface area (Å²) in [5.74, 6) is -0.287. The van der Waals surface area contributed by atoms with Gasteiger partial charge < -0.3 is 25.8 Å². The first-order valence-electron chi connectivity index (χ1n) is 11.9. The second-order valence-corrected chi connectivity index (χ2v) is 9.35. The van der Waals surface area contributed by atoms with E-state index in [9.17, 15) is 14.4 Å². The summed E-state index contributed by atoms with van der Waals surface area (Å²) in [6.45, 7) is 6.85. The first kappa shape index (κ1) is 26.8. The molecule has 3 N–H and O–H groups in total. The molecule has 2 aromatic rings. The van der Waals surface area contributed by atoms with Gasteiger partial charge in [-0.2, -0.15) is 5.26 Å². The number of carbonyl (C=O) groups is 3. The first-order valence-corrected chi connectivity index (χ1v) is 12.3. The van der Waals surface area contributed by atoms with Gasteiger partial charge in [0.05, 0.1) is 11.6 Å². The number of rotatable bonds is 6. The van der Waals surface area contributed by atoms with Crippen molar-refractivity contribution in [3.63, 3.8) is 0 Å². The molecule has 190 valence electrons. The molecule has 0 spiro atoms. The van der Waals surface area contributed by atoms with Crippen molar-refractivity contribution in [2.75, 3.05) is 30.3 Å². The number of piperazine rings is 1. The van der Waals surface area contributed by atoms with Crippen LogP contribution in [0.4, 0.5) is 21.0 Å². The number of amides is 5. The Morgan fingerprint density at radius 3 is 2.47 bits per heavy atom. The van der Waals surface area contributed by atoms with E-state index in [1.165, 1.54) is 0 Å². The molecule has 3 atom stereocenters. The van der Waals surface area contributed by atoms with Gasteiger partial charge in [-0.05, 0) is 55.3 Å². The predicted octanol–water partition coefficient (Wildman–Crippen LogP) is 4.51. The Balaban J connectivity index is 1.61. The van der Waals surface area contributed by atoms with Crippen LogP contribution in [0.25, 0.3) is 0 Å². The highest BCUT2D eigenvalue weighted by molar-refractivity contribution is 6.30. The Labute approximate surface area is 216 Å². The summed E-state index contributed by atoms with van der Waals surface area (Å²) in [5, 5.41) is 18.0. The van der Waals surface area contributed by atoms with Crippen LogP contribution < -0.4 is 16.0 Å². The van der Waals surface area contributed by atoms with Gasteiger partial charge in [-0.3, -0.25) is 4.79 Å². The Morgan fingerprint density at radius 2 is 1.83 bits per heavy atom. The van der Waals surface area contributed by atoms with Gasteiger partial charge in [0.2, 0.25) is 5.91 Å². The largest absolute Gasteiger partial charge is 0.337 e. The third-order valence-electron chi connectivity index (χ3n) is 6.31. The van der Waals surface area contributed by atoms with Crippen LogP contribution >= 0.6 is 11.6 Å². The number of benzene rings is 2. The fraction of sp³-hybridized carbons (Fsp3) is 0.385. The maximum atomic E-state index is 13.4. The maximum absolute atomic E-state index is 13.4. The normalized spacial score (nSPS) is 16.9. The summed E-state index contributed by atoms with van der Waals surface area (Å²) in [7, 11) is 0. The molecule has 0 saturated carbocycles. The predicted molar refractivity (Wildman–Crippen MR) is 140 cm³/mol. The van der Waals surface area contributed by atoms with Gasteiger partial charge >= 0.3 is 12.1 Å². The van der Waals surface area contributed by atoms with Crippen molar-refractivity contribution in [2.45, 2.75) is 39.3 Å². The summed E-state index contributed by atoms with van der Waals surface area (Å²) >= 11 is 5.91. The van der Waals surface area contributed by atoms with Gasteiger partial charge in [0, 0.05) is 42.1 Å². The van der Waals surface area contributed by atoms with Gasteiger partial charge in [0.25, 0.3) is 0 Å². The molecule has 1 fully saturated rings. The highest BCUT2D eigenvalue weighted by Gasteiger charge is 2.35. The van der Waals surface area contributed by atoms with Crippen molar-refractivity contribution in [1.82, 2.24) is 15.1 Å². The van der Waals surface area contributed by atoms with Crippen molar-refractivity contribution in [3.05, 3.63) is 59.1 Å². The monoisotopic (exact) mass is 510 g/mol. The van der Waals surface area contributed by atoms with Gasteiger partial charge in [0.1, 0.15) is 6.04 Å². The maximum Gasteiger partial charge on any atom is 0.322 e. The Kier molecular flexibility index (Phi) is 9.14. The SMILES string of the molecule is CCC(C)C(NC(=O)Nc1cccc(C#N)c1)C(=O)N1CCN(C(=O)Nc2ccc(Cl)cc2)C(C)C1. The number of nitrogens with zero attached hydrogens (tertiary/aromatic N) is 3. The number of nitrogens with one attached hydrogen (secondary N) is 3. The van der Waals surface area contributed by atoms with Crippen LogP contribution in [0.2, 0.25) is 5.02 Å². The Hall–Kier alpha value is -3.77. The summed E-state index contributed by atoms with van der Waals surface area (Å²) in [5.41, 5.74) is 1.53. The zero-order valence-electron chi connectivity index (χ0n) is 20.6. The molecule has 36 heavy (non-hydrogen) atoms. The molecule has 0 radical (unpaired) electrons.